The van der Waals surface area contributed by atoms with Gasteiger partial charge in [0.1, 0.15) is 0 Å². The molecule has 1 atom stereocenters. The predicted octanol–water partition coefficient (Wildman–Crippen LogP) is 1.55. The van der Waals surface area contributed by atoms with Crippen LogP contribution in [0.5, 0.6) is 0 Å². The topological polar surface area (TPSA) is 48.4 Å². The summed E-state index contributed by atoms with van der Waals surface area (Å²) in [5.41, 5.74) is 0.876. The summed E-state index contributed by atoms with van der Waals surface area (Å²) in [5.74, 6) is -0.309. The minimum absolute atomic E-state index is 0.149. The third-order valence-electron chi connectivity index (χ3n) is 3.54. The van der Waals surface area contributed by atoms with Crippen molar-refractivity contribution >= 4 is 5.97 Å². The minimum atomic E-state index is -0.231. The molecule has 17 heavy (non-hydrogen) atoms. The van der Waals surface area contributed by atoms with E-state index in [-0.39, 0.29) is 17.3 Å². The number of hydrogen-bond donors (Lipinski definition) is 0. The Morgan fingerprint density at radius 1 is 1.53 bits per heavy atom. The average Bonchev–Trinajstić information content (AvgIpc) is 2.33. The summed E-state index contributed by atoms with van der Waals surface area (Å²) in [5, 5.41) is 0. The van der Waals surface area contributed by atoms with Crippen LogP contribution in [0.4, 0.5) is 0 Å². The van der Waals surface area contributed by atoms with Crippen molar-refractivity contribution in [3.8, 4) is 0 Å². The van der Waals surface area contributed by atoms with E-state index in [1.54, 1.807) is 12.4 Å². The monoisotopic (exact) mass is 235 g/mol. The van der Waals surface area contributed by atoms with Gasteiger partial charge in [0.05, 0.1) is 31.7 Å². The lowest BCUT2D eigenvalue weighted by Crippen LogP contribution is -2.54. The quantitative estimate of drug-likeness (QED) is 0.743. The number of nitrogens with zero attached hydrogens (tertiary/aromatic N) is 1. The Labute approximate surface area is 101 Å². The molecule has 1 aromatic rings. The number of pyridine rings is 1. The highest BCUT2D eigenvalue weighted by Crippen LogP contribution is 2.41. The molecule has 2 rings (SSSR count). The maximum Gasteiger partial charge on any atom is 0.309 e. The van der Waals surface area contributed by atoms with Crippen molar-refractivity contribution in [3.63, 3.8) is 0 Å². The zero-order valence-corrected chi connectivity index (χ0v) is 10.2. The van der Waals surface area contributed by atoms with Crippen molar-refractivity contribution in [2.24, 2.45) is 5.92 Å². The van der Waals surface area contributed by atoms with Crippen molar-refractivity contribution in [3.05, 3.63) is 30.1 Å². The van der Waals surface area contributed by atoms with E-state index < -0.39 is 0 Å². The maximum absolute atomic E-state index is 11.9. The molecule has 4 nitrogen and oxygen atoms in total. The van der Waals surface area contributed by atoms with Gasteiger partial charge in [-0.05, 0) is 24.1 Å². The van der Waals surface area contributed by atoms with Crippen LogP contribution in [0.15, 0.2) is 24.5 Å². The largest absolute Gasteiger partial charge is 0.469 e. The van der Waals surface area contributed by atoms with Crippen LogP contribution in [0.3, 0.4) is 0 Å². The van der Waals surface area contributed by atoms with Crippen LogP contribution in [0.1, 0.15) is 18.9 Å². The first-order valence-electron chi connectivity index (χ1n) is 5.80. The number of esters is 1. The Balaban J connectivity index is 2.34. The zero-order chi connectivity index (χ0) is 12.3. The van der Waals surface area contributed by atoms with Gasteiger partial charge < -0.3 is 9.47 Å². The van der Waals surface area contributed by atoms with Crippen LogP contribution >= 0.6 is 0 Å². The number of carbonyl (C=O) groups is 1. The third-order valence-corrected chi connectivity index (χ3v) is 3.54. The molecule has 0 spiro atoms. The molecular formula is C13H17NO3. The molecule has 0 amide bonds. The van der Waals surface area contributed by atoms with Crippen LogP contribution in [0.25, 0.3) is 0 Å². The second-order valence-corrected chi connectivity index (χ2v) is 4.37. The van der Waals surface area contributed by atoms with Gasteiger partial charge in [-0.25, -0.2) is 0 Å². The van der Waals surface area contributed by atoms with Crippen LogP contribution < -0.4 is 0 Å². The highest BCUT2D eigenvalue weighted by Gasteiger charge is 2.50. The van der Waals surface area contributed by atoms with Gasteiger partial charge in [0.2, 0.25) is 0 Å². The summed E-state index contributed by atoms with van der Waals surface area (Å²) in [6.07, 6.45) is 4.25. The summed E-state index contributed by atoms with van der Waals surface area (Å²) in [7, 11) is 1.44. The SMILES string of the molecule is CCC(C(=O)OC)C1(c2ccncc2)COC1. The van der Waals surface area contributed by atoms with Crippen LogP contribution in [0, 0.1) is 5.92 Å². The third kappa shape index (κ3) is 1.93. The number of hydrogen-bond acceptors (Lipinski definition) is 4. The Morgan fingerprint density at radius 2 is 2.18 bits per heavy atom. The number of carbonyl (C=O) groups excluding carboxylic acids is 1. The van der Waals surface area contributed by atoms with Crippen molar-refractivity contribution < 1.29 is 14.3 Å². The van der Waals surface area contributed by atoms with Gasteiger partial charge in [-0.1, -0.05) is 6.92 Å². The van der Waals surface area contributed by atoms with Crippen LogP contribution in [-0.4, -0.2) is 31.3 Å². The molecule has 1 fully saturated rings. The van der Waals surface area contributed by atoms with Crippen molar-refractivity contribution in [1.82, 2.24) is 4.98 Å². The van der Waals surface area contributed by atoms with Crippen molar-refractivity contribution in [2.45, 2.75) is 18.8 Å². The molecule has 0 N–H and O–H groups in total. The van der Waals surface area contributed by atoms with Gasteiger partial charge in [-0.15, -0.1) is 0 Å². The lowest BCUT2D eigenvalue weighted by molar-refractivity contribution is -0.160. The molecule has 0 aliphatic carbocycles. The second-order valence-electron chi connectivity index (χ2n) is 4.37. The first kappa shape index (κ1) is 12.0. The Kier molecular flexibility index (Phi) is 3.43. The van der Waals surface area contributed by atoms with E-state index in [9.17, 15) is 4.79 Å². The summed E-state index contributed by atoms with van der Waals surface area (Å²) in [6, 6.07) is 3.90. The Hall–Kier alpha value is -1.42. The molecule has 0 bridgehead atoms. The van der Waals surface area contributed by atoms with Gasteiger partial charge in [0.25, 0.3) is 0 Å². The highest BCUT2D eigenvalue weighted by atomic mass is 16.5. The molecule has 1 saturated heterocycles. The standard InChI is InChI=1S/C13H17NO3/c1-3-11(12(15)16-2)13(8-17-9-13)10-4-6-14-7-5-10/h4-7,11H,3,8-9H2,1-2H3. The van der Waals surface area contributed by atoms with E-state index in [1.165, 1.54) is 7.11 Å². The Bertz CT molecular complexity index is 387. The van der Waals surface area contributed by atoms with Gasteiger partial charge in [0, 0.05) is 12.4 Å². The molecule has 1 aromatic heterocycles. The molecule has 92 valence electrons. The molecule has 1 aliphatic heterocycles. The Morgan fingerprint density at radius 3 is 2.59 bits per heavy atom. The normalized spacial score (nSPS) is 19.2. The smallest absolute Gasteiger partial charge is 0.309 e. The van der Waals surface area contributed by atoms with Gasteiger partial charge in [0.15, 0.2) is 0 Å². The number of rotatable bonds is 4. The van der Waals surface area contributed by atoms with E-state index in [4.69, 9.17) is 9.47 Å². The van der Waals surface area contributed by atoms with E-state index in [0.717, 1.165) is 12.0 Å². The summed E-state index contributed by atoms with van der Waals surface area (Å²) < 4.78 is 10.2. The number of ether oxygens (including phenoxy) is 2. The lowest BCUT2D eigenvalue weighted by atomic mass is 9.68. The number of methoxy groups -OCH3 is 1. The van der Waals surface area contributed by atoms with Crippen LogP contribution in [0.2, 0.25) is 0 Å². The molecule has 1 aliphatic rings. The molecule has 1 unspecified atom stereocenters. The van der Waals surface area contributed by atoms with E-state index in [1.807, 2.05) is 19.1 Å². The van der Waals surface area contributed by atoms with Crippen LogP contribution in [-0.2, 0) is 19.7 Å². The van der Waals surface area contributed by atoms with E-state index in [0.29, 0.717) is 13.2 Å². The molecule has 0 radical (unpaired) electrons. The predicted molar refractivity (Wildman–Crippen MR) is 62.5 cm³/mol. The number of aromatic nitrogens is 1. The molecule has 0 saturated carbocycles. The highest BCUT2D eigenvalue weighted by molar-refractivity contribution is 5.75. The fourth-order valence-corrected chi connectivity index (χ4v) is 2.50. The maximum atomic E-state index is 11.9. The summed E-state index contributed by atoms with van der Waals surface area (Å²) in [6.45, 7) is 3.15. The van der Waals surface area contributed by atoms with Gasteiger partial charge in [-0.2, -0.15) is 0 Å². The average molecular weight is 235 g/mol. The molecule has 4 heteroatoms. The minimum Gasteiger partial charge on any atom is -0.469 e. The van der Waals surface area contributed by atoms with Gasteiger partial charge in [-0.3, -0.25) is 9.78 Å². The van der Waals surface area contributed by atoms with Crippen molar-refractivity contribution in [1.29, 1.82) is 0 Å². The lowest BCUT2D eigenvalue weighted by Gasteiger charge is -2.46. The van der Waals surface area contributed by atoms with E-state index in [2.05, 4.69) is 4.98 Å². The fourth-order valence-electron chi connectivity index (χ4n) is 2.50. The first-order valence-corrected chi connectivity index (χ1v) is 5.80. The first-order chi connectivity index (χ1) is 8.24. The molecule has 0 aromatic carbocycles. The molecular weight excluding hydrogens is 218 g/mol. The molecule has 2 heterocycles. The van der Waals surface area contributed by atoms with Gasteiger partial charge >= 0.3 is 5.97 Å². The fraction of sp³-hybridized carbons (Fsp3) is 0.538. The van der Waals surface area contributed by atoms with Crippen molar-refractivity contribution in [2.75, 3.05) is 20.3 Å². The van der Waals surface area contributed by atoms with E-state index >= 15 is 0 Å². The zero-order valence-electron chi connectivity index (χ0n) is 10.2. The second kappa shape index (κ2) is 4.84. The summed E-state index contributed by atoms with van der Waals surface area (Å²) in [4.78, 5) is 15.9. The summed E-state index contributed by atoms with van der Waals surface area (Å²) >= 11 is 0.